The highest BCUT2D eigenvalue weighted by Gasteiger charge is 2.26. The van der Waals surface area contributed by atoms with Crippen molar-refractivity contribution in [1.29, 1.82) is 0 Å². The third-order valence-electron chi connectivity index (χ3n) is 3.32. The van der Waals surface area contributed by atoms with E-state index in [1.54, 1.807) is 6.20 Å². The summed E-state index contributed by atoms with van der Waals surface area (Å²) < 4.78 is 0. The zero-order chi connectivity index (χ0) is 11.5. The number of hydrogen-bond donors (Lipinski definition) is 1. The van der Waals surface area contributed by atoms with Crippen molar-refractivity contribution in [1.82, 2.24) is 4.98 Å². The van der Waals surface area contributed by atoms with Gasteiger partial charge in [-0.2, -0.15) is 0 Å². The number of aryl methyl sites for hydroxylation is 1. The van der Waals surface area contributed by atoms with Crippen LogP contribution in [0.4, 0.5) is 0 Å². The van der Waals surface area contributed by atoms with E-state index in [4.69, 9.17) is 0 Å². The number of pyridine rings is 1. The fraction of sp³-hybridized carbons (Fsp3) is 0.615. The van der Waals surface area contributed by atoms with Crippen molar-refractivity contribution in [2.75, 3.05) is 0 Å². The second kappa shape index (κ2) is 4.75. The molecule has 0 aliphatic carbocycles. The van der Waals surface area contributed by atoms with Gasteiger partial charge in [-0.3, -0.25) is 4.98 Å². The molecule has 1 rings (SSSR count). The van der Waals surface area contributed by atoms with Gasteiger partial charge >= 0.3 is 0 Å². The van der Waals surface area contributed by atoms with Crippen molar-refractivity contribution in [3.05, 3.63) is 29.6 Å². The average Bonchev–Trinajstić information content (AvgIpc) is 2.21. The molecule has 0 spiro atoms. The third-order valence-corrected chi connectivity index (χ3v) is 3.32. The SMILES string of the molecule is CCC(C)(C)C(O)Cc1ncccc1C. The maximum atomic E-state index is 10.1. The molecule has 1 unspecified atom stereocenters. The highest BCUT2D eigenvalue weighted by atomic mass is 16.3. The predicted octanol–water partition coefficient (Wildman–Crippen LogP) is 2.73. The summed E-state index contributed by atoms with van der Waals surface area (Å²) in [5, 5.41) is 10.1. The van der Waals surface area contributed by atoms with Gasteiger partial charge in [0.1, 0.15) is 0 Å². The summed E-state index contributed by atoms with van der Waals surface area (Å²) in [6, 6.07) is 3.96. The van der Waals surface area contributed by atoms with Gasteiger partial charge in [0.05, 0.1) is 6.10 Å². The van der Waals surface area contributed by atoms with Gasteiger partial charge in [0.25, 0.3) is 0 Å². The van der Waals surface area contributed by atoms with Crippen molar-refractivity contribution in [2.24, 2.45) is 5.41 Å². The normalized spacial score (nSPS) is 13.9. The lowest BCUT2D eigenvalue weighted by atomic mass is 9.81. The minimum absolute atomic E-state index is 0.0377. The quantitative estimate of drug-likeness (QED) is 0.823. The van der Waals surface area contributed by atoms with Crippen LogP contribution in [0, 0.1) is 12.3 Å². The Hall–Kier alpha value is -0.890. The topological polar surface area (TPSA) is 33.1 Å². The standard InChI is InChI=1S/C13H21NO/c1-5-13(3,4)12(15)9-11-10(2)7-6-8-14-11/h6-8,12,15H,5,9H2,1-4H3. The molecule has 0 amide bonds. The molecule has 0 aliphatic heterocycles. The molecule has 0 bridgehead atoms. The van der Waals surface area contributed by atoms with Gasteiger partial charge in [0.2, 0.25) is 0 Å². The minimum Gasteiger partial charge on any atom is -0.392 e. The van der Waals surface area contributed by atoms with Crippen LogP contribution >= 0.6 is 0 Å². The van der Waals surface area contributed by atoms with E-state index in [0.29, 0.717) is 6.42 Å². The van der Waals surface area contributed by atoms with Gasteiger partial charge in [-0.1, -0.05) is 26.8 Å². The lowest BCUT2D eigenvalue weighted by molar-refractivity contribution is 0.0470. The van der Waals surface area contributed by atoms with E-state index in [0.717, 1.165) is 17.7 Å². The Morgan fingerprint density at radius 3 is 2.67 bits per heavy atom. The Labute approximate surface area is 92.4 Å². The summed E-state index contributed by atoms with van der Waals surface area (Å²) in [4.78, 5) is 4.31. The number of nitrogens with zero attached hydrogens (tertiary/aromatic N) is 1. The number of hydrogen-bond acceptors (Lipinski definition) is 2. The van der Waals surface area contributed by atoms with Gasteiger partial charge in [0, 0.05) is 18.3 Å². The zero-order valence-corrected chi connectivity index (χ0v) is 10.1. The summed E-state index contributed by atoms with van der Waals surface area (Å²) in [5.74, 6) is 0. The summed E-state index contributed by atoms with van der Waals surface area (Å²) in [5.41, 5.74) is 2.12. The fourth-order valence-corrected chi connectivity index (χ4v) is 1.43. The third kappa shape index (κ3) is 3.03. The summed E-state index contributed by atoms with van der Waals surface area (Å²) >= 11 is 0. The molecule has 0 fully saturated rings. The van der Waals surface area contributed by atoms with E-state index in [-0.39, 0.29) is 11.5 Å². The molecule has 1 atom stereocenters. The van der Waals surface area contributed by atoms with Crippen LogP contribution in [0.5, 0.6) is 0 Å². The Balaban J connectivity index is 2.75. The molecule has 1 aromatic heterocycles. The Bertz CT molecular complexity index is 320. The first-order valence-corrected chi connectivity index (χ1v) is 5.56. The van der Waals surface area contributed by atoms with Crippen LogP contribution in [-0.2, 0) is 6.42 Å². The molecular weight excluding hydrogens is 186 g/mol. The Kier molecular flexibility index (Phi) is 3.86. The first-order valence-electron chi connectivity index (χ1n) is 5.56. The maximum Gasteiger partial charge on any atom is 0.0646 e. The van der Waals surface area contributed by atoms with Crippen LogP contribution in [0.2, 0.25) is 0 Å². The molecule has 84 valence electrons. The van der Waals surface area contributed by atoms with E-state index in [1.165, 1.54) is 0 Å². The van der Waals surface area contributed by atoms with Crippen molar-refractivity contribution in [3.63, 3.8) is 0 Å². The van der Waals surface area contributed by atoms with Crippen molar-refractivity contribution < 1.29 is 5.11 Å². The maximum absolute atomic E-state index is 10.1. The van der Waals surface area contributed by atoms with Gasteiger partial charge in [-0.15, -0.1) is 0 Å². The van der Waals surface area contributed by atoms with E-state index < -0.39 is 0 Å². The number of aliphatic hydroxyl groups excluding tert-OH is 1. The van der Waals surface area contributed by atoms with Crippen LogP contribution in [0.15, 0.2) is 18.3 Å². The van der Waals surface area contributed by atoms with Gasteiger partial charge in [-0.05, 0) is 30.4 Å². The number of aromatic nitrogens is 1. The summed E-state index contributed by atoms with van der Waals surface area (Å²) in [6.45, 7) is 8.33. The number of aliphatic hydroxyl groups is 1. The molecule has 1 aromatic rings. The predicted molar refractivity (Wildman–Crippen MR) is 62.8 cm³/mol. The molecule has 15 heavy (non-hydrogen) atoms. The Morgan fingerprint density at radius 2 is 2.13 bits per heavy atom. The molecule has 0 saturated heterocycles. The van der Waals surface area contributed by atoms with Crippen molar-refractivity contribution in [3.8, 4) is 0 Å². The second-order valence-corrected chi connectivity index (χ2v) is 4.83. The molecule has 2 heteroatoms. The molecule has 1 N–H and O–H groups in total. The van der Waals surface area contributed by atoms with Crippen LogP contribution in [0.25, 0.3) is 0 Å². The molecule has 0 aliphatic rings. The Morgan fingerprint density at radius 1 is 1.47 bits per heavy atom. The van der Waals surface area contributed by atoms with Crippen LogP contribution in [0.3, 0.4) is 0 Å². The molecule has 1 heterocycles. The second-order valence-electron chi connectivity index (χ2n) is 4.83. The monoisotopic (exact) mass is 207 g/mol. The smallest absolute Gasteiger partial charge is 0.0646 e. The minimum atomic E-state index is -0.323. The van der Waals surface area contributed by atoms with E-state index in [9.17, 15) is 5.11 Å². The zero-order valence-electron chi connectivity index (χ0n) is 10.1. The number of rotatable bonds is 4. The van der Waals surface area contributed by atoms with Gasteiger partial charge < -0.3 is 5.11 Å². The first-order chi connectivity index (χ1) is 6.97. The van der Waals surface area contributed by atoms with E-state index in [1.807, 2.05) is 19.1 Å². The van der Waals surface area contributed by atoms with Crippen molar-refractivity contribution in [2.45, 2.75) is 46.6 Å². The van der Waals surface area contributed by atoms with Crippen molar-refractivity contribution >= 4 is 0 Å². The van der Waals surface area contributed by atoms with Gasteiger partial charge in [-0.25, -0.2) is 0 Å². The largest absolute Gasteiger partial charge is 0.392 e. The first kappa shape index (κ1) is 12.2. The lowest BCUT2D eigenvalue weighted by Crippen LogP contribution is -2.31. The summed E-state index contributed by atoms with van der Waals surface area (Å²) in [6.07, 6.45) is 3.08. The van der Waals surface area contributed by atoms with E-state index >= 15 is 0 Å². The highest BCUT2D eigenvalue weighted by molar-refractivity contribution is 5.18. The molecule has 0 saturated carbocycles. The summed E-state index contributed by atoms with van der Waals surface area (Å²) in [7, 11) is 0. The van der Waals surface area contributed by atoms with Gasteiger partial charge in [0.15, 0.2) is 0 Å². The fourth-order valence-electron chi connectivity index (χ4n) is 1.43. The molecular formula is C13H21NO. The average molecular weight is 207 g/mol. The highest BCUT2D eigenvalue weighted by Crippen LogP contribution is 2.27. The van der Waals surface area contributed by atoms with E-state index in [2.05, 4.69) is 25.8 Å². The van der Waals surface area contributed by atoms with Crippen LogP contribution < -0.4 is 0 Å². The molecule has 0 radical (unpaired) electrons. The lowest BCUT2D eigenvalue weighted by Gasteiger charge is -2.29. The van der Waals surface area contributed by atoms with Crippen LogP contribution in [-0.4, -0.2) is 16.2 Å². The van der Waals surface area contributed by atoms with Crippen LogP contribution in [0.1, 0.15) is 38.4 Å². The molecule has 2 nitrogen and oxygen atoms in total. The molecule has 0 aromatic carbocycles.